The van der Waals surface area contributed by atoms with E-state index in [2.05, 4.69) is 15.3 Å². The van der Waals surface area contributed by atoms with E-state index in [4.69, 9.17) is 9.47 Å². The summed E-state index contributed by atoms with van der Waals surface area (Å²) >= 11 is 0. The van der Waals surface area contributed by atoms with Crippen LogP contribution in [-0.4, -0.2) is 21.5 Å². The topological polar surface area (TPSA) is 99.4 Å². The van der Waals surface area contributed by atoms with Gasteiger partial charge in [-0.05, 0) is 56.2 Å². The van der Waals surface area contributed by atoms with E-state index in [0.717, 1.165) is 11.1 Å². The Morgan fingerprint density at radius 1 is 1.11 bits per heavy atom. The maximum Gasteiger partial charge on any atom is 0.373 e. The quantitative estimate of drug-likeness (QED) is 0.458. The van der Waals surface area contributed by atoms with Crippen LogP contribution in [0.2, 0.25) is 0 Å². The molecule has 3 rings (SSSR count). The van der Waals surface area contributed by atoms with Crippen LogP contribution in [0, 0.1) is 24.0 Å². The molecule has 3 aromatic rings. The maximum atomic E-state index is 11.7. The van der Waals surface area contributed by atoms with Gasteiger partial charge in [-0.3, -0.25) is 10.1 Å². The minimum absolute atomic E-state index is 0.0199. The molecule has 1 heterocycles. The molecule has 0 spiro atoms. The summed E-state index contributed by atoms with van der Waals surface area (Å²) in [5.74, 6) is 0.919. The lowest BCUT2D eigenvalue weighted by Crippen LogP contribution is -2.05. The molecule has 1 aromatic heterocycles. The zero-order valence-electron chi connectivity index (χ0n) is 15.8. The largest absolute Gasteiger partial charge is 0.492 e. The fourth-order valence-electron chi connectivity index (χ4n) is 2.78. The van der Waals surface area contributed by atoms with Crippen molar-refractivity contribution in [3.8, 4) is 17.4 Å². The van der Waals surface area contributed by atoms with Crippen LogP contribution in [0.25, 0.3) is 0 Å². The van der Waals surface area contributed by atoms with Gasteiger partial charge in [0, 0.05) is 0 Å². The Morgan fingerprint density at radius 2 is 1.82 bits per heavy atom. The lowest BCUT2D eigenvalue weighted by molar-refractivity contribution is -0.385. The lowest BCUT2D eigenvalue weighted by Gasteiger charge is -2.13. The van der Waals surface area contributed by atoms with E-state index in [1.54, 1.807) is 30.3 Å². The Kier molecular flexibility index (Phi) is 5.69. The summed E-state index contributed by atoms with van der Waals surface area (Å²) in [4.78, 5) is 19.2. The van der Waals surface area contributed by atoms with Crippen LogP contribution in [-0.2, 0) is 0 Å². The van der Waals surface area contributed by atoms with E-state index in [9.17, 15) is 10.1 Å². The number of aryl methyl sites for hydroxylation is 2. The third-order valence-corrected chi connectivity index (χ3v) is 3.82. The van der Waals surface area contributed by atoms with Crippen molar-refractivity contribution in [1.82, 2.24) is 9.97 Å². The number of hydrogen-bond acceptors (Lipinski definition) is 7. The Bertz CT molecular complexity index is 987. The number of anilines is 2. The summed E-state index contributed by atoms with van der Waals surface area (Å²) in [5, 5.41) is 14.7. The Labute approximate surface area is 162 Å². The van der Waals surface area contributed by atoms with E-state index < -0.39 is 4.92 Å². The first-order valence-electron chi connectivity index (χ1n) is 8.72. The zero-order valence-corrected chi connectivity index (χ0v) is 15.8. The van der Waals surface area contributed by atoms with Crippen molar-refractivity contribution in [2.24, 2.45) is 0 Å². The molecule has 0 aliphatic carbocycles. The van der Waals surface area contributed by atoms with Crippen LogP contribution in [0.5, 0.6) is 17.4 Å². The van der Waals surface area contributed by atoms with Gasteiger partial charge in [-0.2, -0.15) is 4.98 Å². The third kappa shape index (κ3) is 4.35. The summed E-state index contributed by atoms with van der Waals surface area (Å²) in [5.41, 5.74) is 2.17. The zero-order chi connectivity index (χ0) is 20.1. The minimum Gasteiger partial charge on any atom is -0.492 e. The predicted octanol–water partition coefficient (Wildman–Crippen LogP) is 4.94. The molecular formula is C20H20N4O4. The van der Waals surface area contributed by atoms with E-state index >= 15 is 0 Å². The molecule has 0 saturated heterocycles. The number of nitro groups is 1. The highest BCUT2D eigenvalue weighted by atomic mass is 16.6. The van der Waals surface area contributed by atoms with Gasteiger partial charge in [-0.1, -0.05) is 18.2 Å². The van der Waals surface area contributed by atoms with Crippen molar-refractivity contribution in [3.63, 3.8) is 0 Å². The highest BCUT2D eigenvalue weighted by Gasteiger charge is 2.26. The summed E-state index contributed by atoms with van der Waals surface area (Å²) in [6.45, 7) is 6.17. The Hall–Kier alpha value is -3.68. The fraction of sp³-hybridized carbons (Fsp3) is 0.200. The molecule has 0 unspecified atom stereocenters. The van der Waals surface area contributed by atoms with Crippen molar-refractivity contribution in [2.45, 2.75) is 20.8 Å². The third-order valence-electron chi connectivity index (χ3n) is 3.82. The van der Waals surface area contributed by atoms with Gasteiger partial charge in [0.2, 0.25) is 5.82 Å². The standard InChI is InChI=1S/C20H20N4O4/c1-4-27-17-8-6-5-7-16(17)23-19-18(24(25)26)20(22-12-21-19)28-15-10-13(2)9-14(3)11-15/h5-12H,4H2,1-3H3,(H,21,22,23). The smallest absolute Gasteiger partial charge is 0.373 e. The van der Waals surface area contributed by atoms with E-state index in [0.29, 0.717) is 23.8 Å². The van der Waals surface area contributed by atoms with Crippen molar-refractivity contribution < 1.29 is 14.4 Å². The van der Waals surface area contributed by atoms with Crippen LogP contribution in [0.15, 0.2) is 48.8 Å². The molecule has 144 valence electrons. The van der Waals surface area contributed by atoms with Crippen molar-refractivity contribution in [3.05, 3.63) is 70.0 Å². The maximum absolute atomic E-state index is 11.7. The molecule has 0 fully saturated rings. The summed E-state index contributed by atoms with van der Waals surface area (Å²) in [7, 11) is 0. The monoisotopic (exact) mass is 380 g/mol. The van der Waals surface area contributed by atoms with Crippen LogP contribution in [0.4, 0.5) is 17.2 Å². The number of nitrogens with one attached hydrogen (secondary N) is 1. The first-order valence-corrected chi connectivity index (χ1v) is 8.72. The molecule has 0 aliphatic heterocycles. The molecule has 0 radical (unpaired) electrons. The van der Waals surface area contributed by atoms with Gasteiger partial charge in [0.25, 0.3) is 0 Å². The average molecular weight is 380 g/mol. The molecule has 8 nitrogen and oxygen atoms in total. The number of nitrogens with zero attached hydrogens (tertiary/aromatic N) is 3. The highest BCUT2D eigenvalue weighted by Crippen LogP contribution is 2.37. The molecule has 0 saturated carbocycles. The molecule has 0 bridgehead atoms. The molecule has 8 heteroatoms. The molecule has 0 aliphatic rings. The molecule has 28 heavy (non-hydrogen) atoms. The second-order valence-electron chi connectivity index (χ2n) is 6.11. The number of hydrogen-bond donors (Lipinski definition) is 1. The first kappa shape index (κ1) is 19.1. The van der Waals surface area contributed by atoms with Gasteiger partial charge in [-0.15, -0.1) is 0 Å². The first-order chi connectivity index (χ1) is 13.5. The molecule has 0 atom stereocenters. The molecule has 0 amide bonds. The number of para-hydroxylation sites is 2. The molecular weight excluding hydrogens is 360 g/mol. The van der Waals surface area contributed by atoms with Crippen LogP contribution in [0.3, 0.4) is 0 Å². The SMILES string of the molecule is CCOc1ccccc1Nc1ncnc(Oc2cc(C)cc(C)c2)c1[N+](=O)[O-]. The normalized spacial score (nSPS) is 10.4. The number of ether oxygens (including phenoxy) is 2. The minimum atomic E-state index is -0.566. The number of aromatic nitrogens is 2. The van der Waals surface area contributed by atoms with Crippen molar-refractivity contribution in [1.29, 1.82) is 0 Å². The van der Waals surface area contributed by atoms with Crippen molar-refractivity contribution in [2.75, 3.05) is 11.9 Å². The Balaban J connectivity index is 1.99. The van der Waals surface area contributed by atoms with Gasteiger partial charge in [-0.25, -0.2) is 4.98 Å². The van der Waals surface area contributed by atoms with Crippen molar-refractivity contribution >= 4 is 17.2 Å². The second kappa shape index (κ2) is 8.34. The highest BCUT2D eigenvalue weighted by molar-refractivity contribution is 5.72. The average Bonchev–Trinajstić information content (AvgIpc) is 2.62. The summed E-state index contributed by atoms with van der Waals surface area (Å²) < 4.78 is 11.3. The van der Waals surface area contributed by atoms with E-state index in [-0.39, 0.29) is 17.4 Å². The number of benzene rings is 2. The number of rotatable bonds is 7. The van der Waals surface area contributed by atoms with Crippen LogP contribution < -0.4 is 14.8 Å². The van der Waals surface area contributed by atoms with Gasteiger partial charge in [0.1, 0.15) is 17.8 Å². The summed E-state index contributed by atoms with van der Waals surface area (Å²) in [6, 6.07) is 12.7. The van der Waals surface area contributed by atoms with Crippen LogP contribution >= 0.6 is 0 Å². The lowest BCUT2D eigenvalue weighted by atomic mass is 10.1. The van der Waals surface area contributed by atoms with Gasteiger partial charge in [0.05, 0.1) is 17.2 Å². The van der Waals surface area contributed by atoms with Gasteiger partial charge in [0.15, 0.2) is 0 Å². The second-order valence-corrected chi connectivity index (χ2v) is 6.11. The predicted molar refractivity (Wildman–Crippen MR) is 106 cm³/mol. The molecule has 2 aromatic carbocycles. The van der Waals surface area contributed by atoms with E-state index in [1.165, 1.54) is 6.33 Å². The van der Waals surface area contributed by atoms with E-state index in [1.807, 2.05) is 32.9 Å². The fourth-order valence-corrected chi connectivity index (χ4v) is 2.78. The van der Waals surface area contributed by atoms with Crippen LogP contribution in [0.1, 0.15) is 18.1 Å². The molecule has 1 N–H and O–H groups in total. The van der Waals surface area contributed by atoms with Gasteiger partial charge >= 0.3 is 11.6 Å². The van der Waals surface area contributed by atoms with Gasteiger partial charge < -0.3 is 14.8 Å². The summed E-state index contributed by atoms with van der Waals surface area (Å²) in [6.07, 6.45) is 1.22. The Morgan fingerprint density at radius 3 is 2.50 bits per heavy atom.